The van der Waals surface area contributed by atoms with Crippen molar-refractivity contribution in [3.8, 4) is 17.0 Å². The van der Waals surface area contributed by atoms with Gasteiger partial charge in [0.05, 0.1) is 0 Å². The molecule has 0 aliphatic rings. The first-order valence-corrected chi connectivity index (χ1v) is 6.13. The molecule has 21 heavy (non-hydrogen) atoms. The Morgan fingerprint density at radius 3 is 2.71 bits per heavy atom. The summed E-state index contributed by atoms with van der Waals surface area (Å²) >= 11 is 0. The fourth-order valence-electron chi connectivity index (χ4n) is 2.22. The van der Waals surface area contributed by atoms with Crippen LogP contribution in [0.15, 0.2) is 35.1 Å². The molecule has 0 fully saturated rings. The van der Waals surface area contributed by atoms with Crippen molar-refractivity contribution in [2.24, 2.45) is 0 Å². The molecule has 0 saturated heterocycles. The third-order valence-corrected chi connectivity index (χ3v) is 3.24. The van der Waals surface area contributed by atoms with Crippen LogP contribution < -0.4 is 5.56 Å². The van der Waals surface area contributed by atoms with Crippen LogP contribution in [0.2, 0.25) is 0 Å². The minimum absolute atomic E-state index is 0.0561. The van der Waals surface area contributed by atoms with Crippen LogP contribution in [0.25, 0.3) is 16.8 Å². The topological polar surface area (TPSA) is 108 Å². The number of H-pyrrole nitrogens is 1. The summed E-state index contributed by atoms with van der Waals surface area (Å²) in [6, 6.07) is 8.26. The normalized spacial score (nSPS) is 10.9. The molecule has 2 heterocycles. The van der Waals surface area contributed by atoms with E-state index in [4.69, 9.17) is 5.11 Å². The molecular formula is C14H11N3O4. The average molecular weight is 285 g/mol. The van der Waals surface area contributed by atoms with Crippen LogP contribution in [0.5, 0.6) is 5.88 Å². The van der Waals surface area contributed by atoms with Gasteiger partial charge in [-0.15, -0.1) is 0 Å². The standard InChI is InChI=1S/C14H11N3O4/c1-7-4-2-3-5-8(7)11-12(18)15-10-6-9(14(20)21)16-17(10)13(11)19/h2-6,19H,1H3,(H,15,18)(H,20,21). The van der Waals surface area contributed by atoms with Crippen molar-refractivity contribution >= 4 is 11.6 Å². The summed E-state index contributed by atoms with van der Waals surface area (Å²) in [5.74, 6) is -1.63. The number of aromatic nitrogens is 3. The minimum atomic E-state index is -1.24. The molecule has 0 atom stereocenters. The monoisotopic (exact) mass is 285 g/mol. The quantitative estimate of drug-likeness (QED) is 0.659. The van der Waals surface area contributed by atoms with Gasteiger partial charge in [-0.1, -0.05) is 24.3 Å². The number of carboxylic acids is 1. The van der Waals surface area contributed by atoms with E-state index in [0.717, 1.165) is 10.1 Å². The maximum Gasteiger partial charge on any atom is 0.356 e. The molecule has 2 aromatic heterocycles. The lowest BCUT2D eigenvalue weighted by atomic mass is 10.0. The van der Waals surface area contributed by atoms with E-state index in [1.165, 1.54) is 6.07 Å². The van der Waals surface area contributed by atoms with Gasteiger partial charge in [0.1, 0.15) is 11.2 Å². The number of fused-ring (bicyclic) bond motifs is 1. The molecule has 7 nitrogen and oxygen atoms in total. The number of rotatable bonds is 2. The maximum atomic E-state index is 12.2. The summed E-state index contributed by atoms with van der Waals surface area (Å²) in [5, 5.41) is 23.0. The number of hydrogen-bond acceptors (Lipinski definition) is 4. The smallest absolute Gasteiger partial charge is 0.356 e. The van der Waals surface area contributed by atoms with Gasteiger partial charge in [0.2, 0.25) is 5.88 Å². The Morgan fingerprint density at radius 1 is 1.33 bits per heavy atom. The van der Waals surface area contributed by atoms with Crippen molar-refractivity contribution in [1.29, 1.82) is 0 Å². The number of aromatic hydroxyl groups is 1. The molecule has 7 heteroatoms. The summed E-state index contributed by atoms with van der Waals surface area (Å²) in [4.78, 5) is 25.6. The Hall–Kier alpha value is -3.09. The molecule has 0 aliphatic heterocycles. The molecule has 0 amide bonds. The van der Waals surface area contributed by atoms with Gasteiger partial charge in [0, 0.05) is 6.07 Å². The summed E-state index contributed by atoms with van der Waals surface area (Å²) < 4.78 is 1.01. The zero-order chi connectivity index (χ0) is 15.1. The van der Waals surface area contributed by atoms with E-state index in [0.29, 0.717) is 5.56 Å². The van der Waals surface area contributed by atoms with E-state index in [1.54, 1.807) is 12.1 Å². The molecule has 3 rings (SSSR count). The first-order chi connectivity index (χ1) is 9.99. The summed E-state index contributed by atoms with van der Waals surface area (Å²) in [6.07, 6.45) is 0. The average Bonchev–Trinajstić information content (AvgIpc) is 2.85. The van der Waals surface area contributed by atoms with Gasteiger partial charge in [0.15, 0.2) is 5.69 Å². The number of benzene rings is 1. The van der Waals surface area contributed by atoms with E-state index in [2.05, 4.69) is 10.1 Å². The number of hydrogen-bond donors (Lipinski definition) is 3. The number of carboxylic acid groups (broad SMARTS) is 1. The Balaban J connectivity index is 2.37. The van der Waals surface area contributed by atoms with Gasteiger partial charge in [-0.3, -0.25) is 4.79 Å². The van der Waals surface area contributed by atoms with E-state index >= 15 is 0 Å². The molecule has 0 unspecified atom stereocenters. The molecule has 3 aromatic rings. The van der Waals surface area contributed by atoms with Gasteiger partial charge in [0.25, 0.3) is 5.56 Å². The number of aryl methyl sites for hydroxylation is 1. The Kier molecular flexibility index (Phi) is 2.76. The second-order valence-electron chi connectivity index (χ2n) is 4.60. The first kappa shape index (κ1) is 12.9. The van der Waals surface area contributed by atoms with Crippen LogP contribution in [-0.2, 0) is 0 Å². The number of aromatic amines is 1. The van der Waals surface area contributed by atoms with Crippen LogP contribution in [-0.4, -0.2) is 30.8 Å². The lowest BCUT2D eigenvalue weighted by Gasteiger charge is -2.08. The number of aromatic carboxylic acids is 1. The van der Waals surface area contributed by atoms with Crippen molar-refractivity contribution in [1.82, 2.24) is 14.6 Å². The summed E-state index contributed by atoms with van der Waals surface area (Å²) in [7, 11) is 0. The number of nitrogens with zero attached hydrogens (tertiary/aromatic N) is 2. The van der Waals surface area contributed by atoms with Crippen LogP contribution in [0.1, 0.15) is 16.1 Å². The Labute approximate surface area is 118 Å². The van der Waals surface area contributed by atoms with Crippen LogP contribution >= 0.6 is 0 Å². The molecule has 0 aliphatic carbocycles. The third-order valence-electron chi connectivity index (χ3n) is 3.24. The van der Waals surface area contributed by atoms with Crippen LogP contribution in [0.4, 0.5) is 0 Å². The minimum Gasteiger partial charge on any atom is -0.493 e. The molecule has 0 saturated carbocycles. The second kappa shape index (κ2) is 4.48. The molecule has 106 valence electrons. The van der Waals surface area contributed by atoms with Gasteiger partial charge in [-0.05, 0) is 18.1 Å². The molecular weight excluding hydrogens is 274 g/mol. The SMILES string of the molecule is Cc1ccccc1-c1c(O)n2nc(C(=O)O)cc2[nH]c1=O. The van der Waals surface area contributed by atoms with Crippen LogP contribution in [0.3, 0.4) is 0 Å². The molecule has 0 radical (unpaired) electrons. The van der Waals surface area contributed by atoms with E-state index < -0.39 is 17.4 Å². The van der Waals surface area contributed by atoms with Gasteiger partial charge in [-0.25, -0.2) is 4.79 Å². The Morgan fingerprint density at radius 2 is 2.05 bits per heavy atom. The zero-order valence-corrected chi connectivity index (χ0v) is 11.0. The molecule has 0 bridgehead atoms. The van der Waals surface area contributed by atoms with E-state index in [9.17, 15) is 14.7 Å². The van der Waals surface area contributed by atoms with E-state index in [1.807, 2.05) is 19.1 Å². The highest BCUT2D eigenvalue weighted by Gasteiger charge is 2.18. The zero-order valence-electron chi connectivity index (χ0n) is 11.0. The van der Waals surface area contributed by atoms with Gasteiger partial charge < -0.3 is 15.2 Å². The third kappa shape index (κ3) is 1.95. The van der Waals surface area contributed by atoms with Gasteiger partial charge in [-0.2, -0.15) is 9.61 Å². The fraction of sp³-hybridized carbons (Fsp3) is 0.0714. The predicted molar refractivity (Wildman–Crippen MR) is 74.6 cm³/mol. The Bertz CT molecular complexity index is 924. The lowest BCUT2D eigenvalue weighted by Crippen LogP contribution is -2.13. The molecule has 1 aromatic carbocycles. The van der Waals surface area contributed by atoms with Crippen molar-refractivity contribution in [3.63, 3.8) is 0 Å². The van der Waals surface area contributed by atoms with Crippen molar-refractivity contribution in [2.75, 3.05) is 0 Å². The van der Waals surface area contributed by atoms with Crippen molar-refractivity contribution < 1.29 is 15.0 Å². The highest BCUT2D eigenvalue weighted by Crippen LogP contribution is 2.28. The molecule has 3 N–H and O–H groups in total. The first-order valence-electron chi connectivity index (χ1n) is 6.13. The van der Waals surface area contributed by atoms with Gasteiger partial charge >= 0.3 is 5.97 Å². The maximum absolute atomic E-state index is 12.2. The predicted octanol–water partition coefficient (Wildman–Crippen LogP) is 1.40. The number of nitrogens with one attached hydrogen (secondary N) is 1. The fourth-order valence-corrected chi connectivity index (χ4v) is 2.22. The second-order valence-corrected chi connectivity index (χ2v) is 4.60. The highest BCUT2D eigenvalue weighted by atomic mass is 16.4. The van der Waals surface area contributed by atoms with E-state index in [-0.39, 0.29) is 16.9 Å². The summed E-state index contributed by atoms with van der Waals surface area (Å²) in [6.45, 7) is 1.81. The highest BCUT2D eigenvalue weighted by molar-refractivity contribution is 5.87. The summed E-state index contributed by atoms with van der Waals surface area (Å²) in [5.41, 5.74) is 0.774. The lowest BCUT2D eigenvalue weighted by molar-refractivity contribution is 0.0690. The van der Waals surface area contributed by atoms with Crippen LogP contribution in [0, 0.1) is 6.92 Å². The largest absolute Gasteiger partial charge is 0.493 e. The van der Waals surface area contributed by atoms with Crippen molar-refractivity contribution in [2.45, 2.75) is 6.92 Å². The van der Waals surface area contributed by atoms with Crippen molar-refractivity contribution in [3.05, 3.63) is 51.9 Å². The molecule has 0 spiro atoms. The number of carbonyl (C=O) groups is 1.